The Morgan fingerprint density at radius 3 is 2.62 bits per heavy atom. The van der Waals surface area contributed by atoms with Gasteiger partial charge >= 0.3 is 0 Å². The number of amidine groups is 1. The van der Waals surface area contributed by atoms with E-state index in [9.17, 15) is 14.3 Å². The lowest BCUT2D eigenvalue weighted by Gasteiger charge is -2.31. The van der Waals surface area contributed by atoms with E-state index in [1.807, 2.05) is 13.8 Å². The zero-order valence-corrected chi connectivity index (χ0v) is 18.0. The summed E-state index contributed by atoms with van der Waals surface area (Å²) >= 11 is 1.52. The maximum Gasteiger partial charge on any atom is 0.222 e. The van der Waals surface area contributed by atoms with E-state index in [2.05, 4.69) is 4.90 Å². The summed E-state index contributed by atoms with van der Waals surface area (Å²) in [5, 5.41) is 11.5. The average molecular weight is 419 g/mol. The number of fused-ring (bicyclic) bond motifs is 1. The van der Waals surface area contributed by atoms with Crippen LogP contribution in [0.1, 0.15) is 26.7 Å². The van der Waals surface area contributed by atoms with Crippen LogP contribution in [0.15, 0.2) is 51.6 Å². The molecule has 2 aliphatic rings. The summed E-state index contributed by atoms with van der Waals surface area (Å²) in [6, 6.07) is 6.37. The topological polar surface area (TPSA) is 59.4 Å². The monoisotopic (exact) mass is 418 g/mol. The zero-order valence-electron chi connectivity index (χ0n) is 17.2. The Balaban J connectivity index is 1.72. The number of nitrogens with zero attached hydrogens (tertiary/aromatic N) is 4. The van der Waals surface area contributed by atoms with Crippen LogP contribution in [-0.2, 0) is 4.79 Å². The molecule has 0 spiro atoms. The number of carbonyl (C=O) groups excluding carboxylic acids is 1. The number of likely N-dealkylation sites (N-methyl/N-ethyl adjacent to an activating group) is 1. The van der Waals surface area contributed by atoms with E-state index < -0.39 is 6.23 Å². The normalized spacial score (nSPS) is 18.4. The lowest BCUT2D eigenvalue weighted by atomic mass is 10.1. The molecule has 29 heavy (non-hydrogen) atoms. The molecule has 0 aliphatic carbocycles. The fraction of sp³-hybridized carbons (Fsp3) is 0.429. The van der Waals surface area contributed by atoms with E-state index in [0.717, 1.165) is 33.7 Å². The van der Waals surface area contributed by atoms with Gasteiger partial charge in [-0.15, -0.1) is 0 Å². The molecule has 0 aromatic heterocycles. The number of halogens is 1. The zero-order chi connectivity index (χ0) is 21.1. The first kappa shape index (κ1) is 21.4. The summed E-state index contributed by atoms with van der Waals surface area (Å²) in [5.74, 6) is -0.210. The molecule has 0 bridgehead atoms. The van der Waals surface area contributed by atoms with Crippen LogP contribution in [-0.4, -0.2) is 59.4 Å². The number of thioether (sulfide) groups is 1. The molecule has 3 rings (SSSR count). The Hall–Kier alpha value is -2.32. The number of amides is 1. The molecule has 2 heterocycles. The minimum atomic E-state index is -0.821. The summed E-state index contributed by atoms with van der Waals surface area (Å²) < 4.78 is 13.2. The predicted octanol–water partition coefficient (Wildman–Crippen LogP) is 3.37. The van der Waals surface area contributed by atoms with Crippen molar-refractivity contribution in [3.63, 3.8) is 0 Å². The van der Waals surface area contributed by atoms with Gasteiger partial charge in [0, 0.05) is 43.4 Å². The SMILES string of the molecule is CCN(CC1=CC(O)N2C(=N1)SC(C)=C2CCC(=O)N(C)C)c1ccc(F)cc1. The van der Waals surface area contributed by atoms with E-state index in [1.54, 1.807) is 42.1 Å². The van der Waals surface area contributed by atoms with E-state index >= 15 is 0 Å². The molecular weight excluding hydrogens is 391 g/mol. The molecule has 2 aliphatic heterocycles. The third-order valence-corrected chi connectivity index (χ3v) is 6.01. The van der Waals surface area contributed by atoms with Crippen LogP contribution in [0.4, 0.5) is 10.1 Å². The first-order valence-electron chi connectivity index (χ1n) is 9.65. The van der Waals surface area contributed by atoms with E-state index in [4.69, 9.17) is 4.99 Å². The van der Waals surface area contributed by atoms with Crippen molar-refractivity contribution < 1.29 is 14.3 Å². The van der Waals surface area contributed by atoms with Crippen molar-refractivity contribution in [2.75, 3.05) is 32.1 Å². The number of aliphatic hydroxyl groups is 1. The smallest absolute Gasteiger partial charge is 0.222 e. The van der Waals surface area contributed by atoms with Crippen molar-refractivity contribution in [1.29, 1.82) is 0 Å². The third-order valence-electron chi connectivity index (χ3n) is 4.99. The summed E-state index contributed by atoms with van der Waals surface area (Å²) in [6.45, 7) is 5.27. The first-order chi connectivity index (χ1) is 13.8. The van der Waals surface area contributed by atoms with Crippen molar-refractivity contribution in [2.24, 2.45) is 4.99 Å². The molecule has 1 aromatic carbocycles. The van der Waals surface area contributed by atoms with E-state index in [1.165, 1.54) is 23.9 Å². The largest absolute Gasteiger partial charge is 0.369 e. The minimum absolute atomic E-state index is 0.0568. The number of hydrogen-bond donors (Lipinski definition) is 1. The number of aliphatic hydroxyl groups excluding tert-OH is 1. The second-order valence-electron chi connectivity index (χ2n) is 7.22. The van der Waals surface area contributed by atoms with Gasteiger partial charge in [-0.1, -0.05) is 11.8 Å². The highest BCUT2D eigenvalue weighted by Crippen LogP contribution is 2.40. The second-order valence-corrected chi connectivity index (χ2v) is 8.40. The molecule has 1 N–H and O–H groups in total. The second kappa shape index (κ2) is 9.00. The van der Waals surface area contributed by atoms with Gasteiger partial charge in [0.15, 0.2) is 11.4 Å². The van der Waals surface area contributed by atoms with E-state index in [0.29, 0.717) is 19.4 Å². The molecule has 0 saturated heterocycles. The maximum absolute atomic E-state index is 13.2. The van der Waals surface area contributed by atoms with Crippen molar-refractivity contribution in [1.82, 2.24) is 9.80 Å². The number of benzene rings is 1. The molecule has 8 heteroatoms. The average Bonchev–Trinajstić information content (AvgIpc) is 3.00. The molecule has 0 fully saturated rings. The quantitative estimate of drug-likeness (QED) is 0.736. The van der Waals surface area contributed by atoms with Crippen LogP contribution >= 0.6 is 11.8 Å². The van der Waals surface area contributed by atoms with Crippen LogP contribution in [0.5, 0.6) is 0 Å². The highest BCUT2D eigenvalue weighted by molar-refractivity contribution is 8.17. The Bertz CT molecular complexity index is 864. The number of rotatable bonds is 7. The Kier molecular flexibility index (Phi) is 6.64. The number of anilines is 1. The van der Waals surface area contributed by atoms with Crippen molar-refractivity contribution in [2.45, 2.75) is 32.9 Å². The van der Waals surface area contributed by atoms with Crippen LogP contribution in [0.25, 0.3) is 0 Å². The van der Waals surface area contributed by atoms with Gasteiger partial charge in [0.2, 0.25) is 5.91 Å². The molecule has 1 aromatic rings. The van der Waals surface area contributed by atoms with Crippen molar-refractivity contribution >= 4 is 28.5 Å². The molecule has 1 unspecified atom stereocenters. The Labute approximate surface area is 175 Å². The highest BCUT2D eigenvalue weighted by atomic mass is 32.2. The van der Waals surface area contributed by atoms with Crippen molar-refractivity contribution in [3.05, 3.63) is 52.5 Å². The first-order valence-corrected chi connectivity index (χ1v) is 10.5. The number of hydrogen-bond acceptors (Lipinski definition) is 6. The van der Waals surface area contributed by atoms with Crippen molar-refractivity contribution in [3.8, 4) is 0 Å². The minimum Gasteiger partial charge on any atom is -0.369 e. The molecule has 1 atom stereocenters. The molecule has 1 amide bonds. The van der Waals surface area contributed by atoms with Gasteiger partial charge in [0.25, 0.3) is 0 Å². The molecule has 156 valence electrons. The van der Waals surface area contributed by atoms with Gasteiger partial charge in [-0.05, 0) is 50.6 Å². The van der Waals surface area contributed by atoms with Gasteiger partial charge in [0.05, 0.1) is 12.2 Å². The highest BCUT2D eigenvalue weighted by Gasteiger charge is 2.34. The number of aliphatic imine (C=N–C) groups is 1. The fourth-order valence-corrected chi connectivity index (χ4v) is 4.42. The lowest BCUT2D eigenvalue weighted by Crippen LogP contribution is -2.38. The van der Waals surface area contributed by atoms with Crippen LogP contribution in [0, 0.1) is 5.82 Å². The molecule has 0 radical (unpaired) electrons. The summed E-state index contributed by atoms with van der Waals surface area (Å²) in [6.07, 6.45) is 1.87. The number of allylic oxidation sites excluding steroid dienone is 2. The molecular formula is C21H27FN4O2S. The maximum atomic E-state index is 13.2. The summed E-state index contributed by atoms with van der Waals surface area (Å²) in [7, 11) is 3.48. The van der Waals surface area contributed by atoms with Crippen LogP contribution in [0.3, 0.4) is 0 Å². The van der Waals surface area contributed by atoms with Gasteiger partial charge < -0.3 is 14.9 Å². The molecule has 6 nitrogen and oxygen atoms in total. The van der Waals surface area contributed by atoms with E-state index in [-0.39, 0.29) is 11.7 Å². The van der Waals surface area contributed by atoms with Crippen LogP contribution < -0.4 is 4.90 Å². The standard InChI is InChI=1S/C21H27FN4O2S/c1-5-25(17-8-6-15(22)7-9-17)13-16-12-20(28)26-18(10-11-19(27)24(3)4)14(2)29-21(26)23-16/h6-9,12,20,28H,5,10-11,13H2,1-4H3. The summed E-state index contributed by atoms with van der Waals surface area (Å²) in [5.41, 5.74) is 2.61. The third kappa shape index (κ3) is 4.82. The lowest BCUT2D eigenvalue weighted by molar-refractivity contribution is -0.128. The Morgan fingerprint density at radius 2 is 2.00 bits per heavy atom. The molecule has 0 saturated carbocycles. The van der Waals surface area contributed by atoms with Gasteiger partial charge in [-0.2, -0.15) is 0 Å². The van der Waals surface area contributed by atoms with Gasteiger partial charge in [-0.25, -0.2) is 9.38 Å². The van der Waals surface area contributed by atoms with Gasteiger partial charge in [-0.3, -0.25) is 9.69 Å². The fourth-order valence-electron chi connectivity index (χ4n) is 3.35. The number of carbonyl (C=O) groups is 1. The van der Waals surface area contributed by atoms with Gasteiger partial charge in [0.1, 0.15) is 5.82 Å². The van der Waals surface area contributed by atoms with Crippen LogP contribution in [0.2, 0.25) is 0 Å². The summed E-state index contributed by atoms with van der Waals surface area (Å²) in [4.78, 5) is 23.2. The Morgan fingerprint density at radius 1 is 1.31 bits per heavy atom. The predicted molar refractivity (Wildman–Crippen MR) is 116 cm³/mol.